The highest BCUT2D eigenvalue weighted by atomic mass is 16.3. The quantitative estimate of drug-likeness (QED) is 0.692. The lowest BCUT2D eigenvalue weighted by atomic mass is 9.77. The molecule has 0 bridgehead atoms. The Labute approximate surface area is 154 Å². The van der Waals surface area contributed by atoms with E-state index >= 15 is 0 Å². The Hall–Kier alpha value is -2.75. The van der Waals surface area contributed by atoms with Gasteiger partial charge in [0.15, 0.2) is 5.78 Å². The van der Waals surface area contributed by atoms with Crippen molar-refractivity contribution in [1.82, 2.24) is 0 Å². The first-order valence-electron chi connectivity index (χ1n) is 8.64. The van der Waals surface area contributed by atoms with Crippen molar-refractivity contribution in [2.75, 3.05) is 0 Å². The Kier molecular flexibility index (Phi) is 5.03. The Morgan fingerprint density at radius 1 is 0.808 bits per heavy atom. The van der Waals surface area contributed by atoms with Crippen LogP contribution in [0.3, 0.4) is 0 Å². The number of hydrogen-bond donors (Lipinski definition) is 2. The van der Waals surface area contributed by atoms with Crippen molar-refractivity contribution in [1.29, 1.82) is 0 Å². The van der Waals surface area contributed by atoms with Crippen LogP contribution in [0.5, 0.6) is 0 Å². The molecule has 3 aromatic carbocycles. The molecule has 0 heterocycles. The summed E-state index contributed by atoms with van der Waals surface area (Å²) in [6.45, 7) is 3.95. The molecule has 0 saturated heterocycles. The molecule has 132 valence electrons. The third-order valence-electron chi connectivity index (χ3n) is 4.77. The van der Waals surface area contributed by atoms with Gasteiger partial charge < -0.3 is 10.8 Å². The fourth-order valence-corrected chi connectivity index (χ4v) is 3.11. The molecule has 0 aromatic heterocycles. The zero-order valence-electron chi connectivity index (χ0n) is 15.0. The van der Waals surface area contributed by atoms with Crippen molar-refractivity contribution in [2.24, 2.45) is 5.73 Å². The first-order chi connectivity index (χ1) is 12.4. The van der Waals surface area contributed by atoms with Crippen LogP contribution in [-0.4, -0.2) is 16.9 Å². The van der Waals surface area contributed by atoms with Crippen molar-refractivity contribution in [2.45, 2.75) is 25.5 Å². The SMILES string of the molecule is Cc1ccc(C(O)(c2ccc(C)cc2)[C@@H](N)C(=O)c2ccccc2)cc1. The lowest BCUT2D eigenvalue weighted by Crippen LogP contribution is -2.51. The fourth-order valence-electron chi connectivity index (χ4n) is 3.11. The van der Waals surface area contributed by atoms with E-state index in [0.717, 1.165) is 11.1 Å². The molecule has 0 saturated carbocycles. The number of Topliss-reactive ketones (excluding diaryl/α,β-unsaturated/α-hetero) is 1. The lowest BCUT2D eigenvalue weighted by Gasteiger charge is -2.34. The highest BCUT2D eigenvalue weighted by Crippen LogP contribution is 2.34. The maximum Gasteiger partial charge on any atom is 0.183 e. The van der Waals surface area contributed by atoms with Crippen molar-refractivity contribution in [3.63, 3.8) is 0 Å². The minimum Gasteiger partial charge on any atom is -0.378 e. The smallest absolute Gasteiger partial charge is 0.183 e. The van der Waals surface area contributed by atoms with Crippen molar-refractivity contribution in [3.8, 4) is 0 Å². The number of carbonyl (C=O) groups excluding carboxylic acids is 1. The topological polar surface area (TPSA) is 63.3 Å². The molecule has 3 nitrogen and oxygen atoms in total. The van der Waals surface area contributed by atoms with Crippen LogP contribution in [0.2, 0.25) is 0 Å². The van der Waals surface area contributed by atoms with Gasteiger partial charge in [0.2, 0.25) is 0 Å². The third kappa shape index (κ3) is 3.32. The number of hydrogen-bond acceptors (Lipinski definition) is 3. The van der Waals surface area contributed by atoms with Crippen LogP contribution in [0.4, 0.5) is 0 Å². The van der Waals surface area contributed by atoms with E-state index in [0.29, 0.717) is 16.7 Å². The number of aryl methyl sites for hydroxylation is 2. The summed E-state index contributed by atoms with van der Waals surface area (Å²) in [7, 11) is 0. The number of aliphatic hydroxyl groups is 1. The molecule has 3 N–H and O–H groups in total. The zero-order chi connectivity index (χ0) is 18.7. The van der Waals surface area contributed by atoms with Crippen LogP contribution >= 0.6 is 0 Å². The molecule has 0 aliphatic heterocycles. The van der Waals surface area contributed by atoms with Crippen molar-refractivity contribution >= 4 is 5.78 Å². The Bertz CT molecular complexity index is 838. The molecule has 3 heteroatoms. The standard InChI is InChI=1S/C23H23NO2/c1-16-8-12-19(13-9-16)23(26,20-14-10-17(2)11-15-20)22(24)21(25)18-6-4-3-5-7-18/h3-15,22,26H,24H2,1-2H3/t22-/m0/s1. The fraction of sp³-hybridized carbons (Fsp3) is 0.174. The molecule has 1 atom stereocenters. The van der Waals surface area contributed by atoms with E-state index < -0.39 is 11.6 Å². The minimum atomic E-state index is -1.62. The van der Waals surface area contributed by atoms with Gasteiger partial charge in [-0.25, -0.2) is 0 Å². The second-order valence-electron chi connectivity index (χ2n) is 6.71. The molecule has 0 spiro atoms. The van der Waals surface area contributed by atoms with E-state index in [-0.39, 0.29) is 5.78 Å². The van der Waals surface area contributed by atoms with E-state index in [9.17, 15) is 9.90 Å². The molecule has 0 radical (unpaired) electrons. The molecule has 0 amide bonds. The number of rotatable bonds is 5. The number of nitrogens with two attached hydrogens (primary N) is 1. The van der Waals surface area contributed by atoms with Gasteiger partial charge >= 0.3 is 0 Å². The molecule has 26 heavy (non-hydrogen) atoms. The van der Waals surface area contributed by atoms with Gasteiger partial charge in [0, 0.05) is 5.56 Å². The highest BCUT2D eigenvalue weighted by molar-refractivity contribution is 6.01. The van der Waals surface area contributed by atoms with Crippen LogP contribution in [0.1, 0.15) is 32.6 Å². The molecule has 3 rings (SSSR count). The van der Waals surface area contributed by atoms with Gasteiger partial charge in [0.25, 0.3) is 0 Å². The van der Waals surface area contributed by atoms with Gasteiger partial charge in [-0.15, -0.1) is 0 Å². The normalized spacial score (nSPS) is 12.6. The molecule has 0 unspecified atom stereocenters. The summed E-state index contributed by atoms with van der Waals surface area (Å²) in [4.78, 5) is 13.0. The highest BCUT2D eigenvalue weighted by Gasteiger charge is 2.42. The number of benzene rings is 3. The van der Waals surface area contributed by atoms with E-state index in [4.69, 9.17) is 5.73 Å². The van der Waals surface area contributed by atoms with Gasteiger partial charge in [-0.3, -0.25) is 4.79 Å². The minimum absolute atomic E-state index is 0.297. The number of carbonyl (C=O) groups is 1. The van der Waals surface area contributed by atoms with Crippen LogP contribution in [-0.2, 0) is 5.60 Å². The van der Waals surface area contributed by atoms with Crippen LogP contribution in [0, 0.1) is 13.8 Å². The summed E-state index contributed by atoms with van der Waals surface area (Å²) < 4.78 is 0. The first-order valence-corrected chi connectivity index (χ1v) is 8.64. The van der Waals surface area contributed by atoms with E-state index in [1.165, 1.54) is 0 Å². The van der Waals surface area contributed by atoms with Gasteiger partial charge in [0.1, 0.15) is 11.6 Å². The summed E-state index contributed by atoms with van der Waals surface area (Å²) in [5.74, 6) is -0.297. The largest absolute Gasteiger partial charge is 0.378 e. The van der Waals surface area contributed by atoms with E-state index in [1.807, 2.05) is 68.4 Å². The van der Waals surface area contributed by atoms with Gasteiger partial charge in [-0.2, -0.15) is 0 Å². The number of ketones is 1. The zero-order valence-corrected chi connectivity index (χ0v) is 15.0. The molecular weight excluding hydrogens is 322 g/mol. The van der Waals surface area contributed by atoms with E-state index in [1.54, 1.807) is 24.3 Å². The summed E-state index contributed by atoms with van der Waals surface area (Å²) in [6.07, 6.45) is 0. The predicted octanol–water partition coefficient (Wildman–Crippen LogP) is 3.75. The van der Waals surface area contributed by atoms with Gasteiger partial charge in [0.05, 0.1) is 0 Å². The van der Waals surface area contributed by atoms with Gasteiger partial charge in [-0.05, 0) is 25.0 Å². The molecule has 3 aromatic rings. The summed E-state index contributed by atoms with van der Waals surface area (Å²) in [5, 5.41) is 11.7. The third-order valence-corrected chi connectivity index (χ3v) is 4.77. The lowest BCUT2D eigenvalue weighted by molar-refractivity contribution is 0.0445. The Morgan fingerprint density at radius 2 is 1.23 bits per heavy atom. The maximum absolute atomic E-state index is 13.0. The second-order valence-corrected chi connectivity index (χ2v) is 6.71. The predicted molar refractivity (Wildman–Crippen MR) is 104 cm³/mol. The van der Waals surface area contributed by atoms with Crippen LogP contribution in [0.25, 0.3) is 0 Å². The average Bonchev–Trinajstić information content (AvgIpc) is 2.68. The monoisotopic (exact) mass is 345 g/mol. The van der Waals surface area contributed by atoms with E-state index in [2.05, 4.69) is 0 Å². The summed E-state index contributed by atoms with van der Waals surface area (Å²) in [5.41, 5.74) is 8.58. The van der Waals surface area contributed by atoms with Crippen molar-refractivity contribution in [3.05, 3.63) is 107 Å². The molecule has 0 aliphatic carbocycles. The Balaban J connectivity index is 2.12. The summed E-state index contributed by atoms with van der Waals surface area (Å²) in [6, 6.07) is 22.7. The first kappa shape index (κ1) is 18.1. The second kappa shape index (κ2) is 7.24. The molecule has 0 fully saturated rings. The average molecular weight is 345 g/mol. The van der Waals surface area contributed by atoms with Crippen molar-refractivity contribution < 1.29 is 9.90 Å². The molecular formula is C23H23NO2. The van der Waals surface area contributed by atoms with Gasteiger partial charge in [-0.1, -0.05) is 90.0 Å². The van der Waals surface area contributed by atoms with Crippen LogP contribution < -0.4 is 5.73 Å². The Morgan fingerprint density at radius 3 is 1.65 bits per heavy atom. The van der Waals surface area contributed by atoms with Crippen LogP contribution in [0.15, 0.2) is 78.9 Å². The molecule has 0 aliphatic rings. The summed E-state index contributed by atoms with van der Waals surface area (Å²) >= 11 is 0. The maximum atomic E-state index is 13.0.